The maximum atomic E-state index is 12.8. The molecule has 3 N–H and O–H groups in total. The zero-order valence-corrected chi connectivity index (χ0v) is 20.6. The first-order valence-electron chi connectivity index (χ1n) is 9.27. The predicted molar refractivity (Wildman–Crippen MR) is 108 cm³/mol. The summed E-state index contributed by atoms with van der Waals surface area (Å²) in [5.41, 5.74) is 6.20. The van der Waals surface area contributed by atoms with Crippen LogP contribution in [-0.4, -0.2) is 65.2 Å². The van der Waals surface area contributed by atoms with E-state index in [1.165, 1.54) is 25.1 Å². The smallest absolute Gasteiger partial charge is 0.545 e. The third-order valence-electron chi connectivity index (χ3n) is 5.34. The Hall–Kier alpha value is -1.44. The van der Waals surface area contributed by atoms with Crippen LogP contribution in [0.2, 0.25) is 0 Å². The van der Waals surface area contributed by atoms with Crippen LogP contribution in [0.3, 0.4) is 0 Å². The number of aromatic nitrogens is 1. The minimum absolute atomic E-state index is 0. The van der Waals surface area contributed by atoms with Crippen LogP contribution in [-0.2, 0) is 24.0 Å². The van der Waals surface area contributed by atoms with E-state index in [2.05, 4.69) is 15.5 Å². The number of aliphatic carboxylic acids is 1. The Balaban J connectivity index is 0.00000272. The number of carboxylic acids is 1. The van der Waals surface area contributed by atoms with Crippen LogP contribution in [0.5, 0.6) is 0 Å². The SMILES string of the molecule is CO/N=C(\C(=O)N[C@@H]1C(=O)C2C(C(=O)[O-])=C([C@@H]3CCCO3)CS[C@@H]21)c1cnc(N)s1.[Na+]. The van der Waals surface area contributed by atoms with Gasteiger partial charge in [-0.15, -0.1) is 0 Å². The number of thioether (sulfide) groups is 1. The Morgan fingerprint density at radius 1 is 1.45 bits per heavy atom. The van der Waals surface area contributed by atoms with Crippen LogP contribution >= 0.6 is 23.1 Å². The number of nitrogen functional groups attached to an aromatic ring is 1. The number of oxime groups is 1. The van der Waals surface area contributed by atoms with Crippen molar-refractivity contribution in [2.75, 3.05) is 25.2 Å². The molecule has 1 aromatic heterocycles. The molecule has 13 heteroatoms. The summed E-state index contributed by atoms with van der Waals surface area (Å²) >= 11 is 2.50. The molecule has 4 atom stereocenters. The van der Waals surface area contributed by atoms with Gasteiger partial charge in [-0.3, -0.25) is 9.59 Å². The Morgan fingerprint density at radius 2 is 2.23 bits per heavy atom. The number of thiazole rings is 1. The fourth-order valence-corrected chi connectivity index (χ4v) is 6.21. The number of carbonyl (C=O) groups excluding carboxylic acids is 3. The molecule has 1 saturated heterocycles. The number of rotatable bonds is 6. The zero-order valence-electron chi connectivity index (χ0n) is 17.0. The largest absolute Gasteiger partial charge is 1.00 e. The van der Waals surface area contributed by atoms with Gasteiger partial charge in [0.2, 0.25) is 0 Å². The molecule has 0 radical (unpaired) electrons. The second-order valence-electron chi connectivity index (χ2n) is 7.02. The number of carbonyl (C=O) groups is 3. The van der Waals surface area contributed by atoms with E-state index in [4.69, 9.17) is 15.3 Å². The fourth-order valence-electron chi connectivity index (χ4n) is 3.98. The molecule has 4 rings (SSSR count). The molecule has 1 saturated carbocycles. The molecule has 160 valence electrons. The van der Waals surface area contributed by atoms with Crippen molar-refractivity contribution in [1.29, 1.82) is 0 Å². The van der Waals surface area contributed by atoms with Crippen molar-refractivity contribution < 1.29 is 58.6 Å². The normalized spacial score (nSPS) is 27.8. The maximum absolute atomic E-state index is 12.8. The summed E-state index contributed by atoms with van der Waals surface area (Å²) < 4.78 is 5.63. The summed E-state index contributed by atoms with van der Waals surface area (Å²) in [6.07, 6.45) is 2.69. The van der Waals surface area contributed by atoms with E-state index >= 15 is 0 Å². The second-order valence-corrected chi connectivity index (χ2v) is 9.25. The summed E-state index contributed by atoms with van der Waals surface area (Å²) in [5, 5.41) is 18.1. The summed E-state index contributed by atoms with van der Waals surface area (Å²) in [5.74, 6) is -2.74. The van der Waals surface area contributed by atoms with Gasteiger partial charge >= 0.3 is 29.6 Å². The number of fused-ring (bicyclic) bond motifs is 1. The number of hydrogen-bond acceptors (Lipinski definition) is 11. The molecule has 0 aromatic carbocycles. The van der Waals surface area contributed by atoms with Gasteiger partial charge in [0, 0.05) is 23.8 Å². The molecule has 1 unspecified atom stereocenters. The molecule has 2 aliphatic heterocycles. The first-order valence-corrected chi connectivity index (χ1v) is 11.1. The molecule has 31 heavy (non-hydrogen) atoms. The minimum Gasteiger partial charge on any atom is -0.545 e. The van der Waals surface area contributed by atoms with E-state index < -0.39 is 29.1 Å². The number of ether oxygens (including phenoxy) is 1. The topological polar surface area (TPSA) is 156 Å². The number of Topliss-reactive ketones (excluding diaryl/α,β-unsaturated/α-hetero) is 1. The quantitative estimate of drug-likeness (QED) is 0.239. The maximum Gasteiger partial charge on any atom is 1.00 e. The van der Waals surface area contributed by atoms with Gasteiger partial charge in [-0.1, -0.05) is 16.5 Å². The average molecular weight is 474 g/mol. The Kier molecular flexibility index (Phi) is 7.81. The molecule has 1 amide bonds. The van der Waals surface area contributed by atoms with Crippen molar-refractivity contribution in [3.8, 4) is 0 Å². The monoisotopic (exact) mass is 474 g/mol. The third-order valence-corrected chi connectivity index (χ3v) is 7.58. The van der Waals surface area contributed by atoms with E-state index in [-0.39, 0.29) is 57.9 Å². The van der Waals surface area contributed by atoms with Crippen molar-refractivity contribution >= 4 is 51.6 Å². The van der Waals surface area contributed by atoms with Crippen LogP contribution in [0.15, 0.2) is 22.5 Å². The molecular weight excluding hydrogens is 455 g/mol. The van der Waals surface area contributed by atoms with Crippen LogP contribution in [0.25, 0.3) is 0 Å². The minimum atomic E-state index is -1.35. The third kappa shape index (κ3) is 4.55. The average Bonchev–Trinajstić information content (AvgIpc) is 3.40. The number of hydrogen-bond donors (Lipinski definition) is 2. The van der Waals surface area contributed by atoms with E-state index in [1.807, 2.05) is 0 Å². The number of nitrogens with one attached hydrogen (secondary N) is 1. The van der Waals surface area contributed by atoms with E-state index in [9.17, 15) is 19.5 Å². The summed E-state index contributed by atoms with van der Waals surface area (Å²) in [4.78, 5) is 46.4. The Morgan fingerprint density at radius 3 is 2.81 bits per heavy atom. The van der Waals surface area contributed by atoms with Gasteiger partial charge in [0.05, 0.1) is 22.9 Å². The molecule has 0 bridgehead atoms. The number of amides is 1. The van der Waals surface area contributed by atoms with Gasteiger partial charge in [0.1, 0.15) is 13.2 Å². The molecule has 2 fully saturated rings. The van der Waals surface area contributed by atoms with Crippen molar-refractivity contribution in [3.05, 3.63) is 22.2 Å². The Bertz CT molecular complexity index is 959. The second kappa shape index (κ2) is 10.0. The number of nitrogens with zero attached hydrogens (tertiary/aromatic N) is 2. The van der Waals surface area contributed by atoms with E-state index in [0.717, 1.165) is 24.2 Å². The first kappa shape index (κ1) is 24.2. The van der Waals surface area contributed by atoms with Crippen LogP contribution in [0.4, 0.5) is 5.13 Å². The van der Waals surface area contributed by atoms with E-state index in [1.54, 1.807) is 0 Å². The molecule has 3 heterocycles. The van der Waals surface area contributed by atoms with Crippen molar-refractivity contribution in [3.63, 3.8) is 0 Å². The molecular formula is C18H19N4NaO6S2. The van der Waals surface area contributed by atoms with Crippen molar-refractivity contribution in [1.82, 2.24) is 10.3 Å². The van der Waals surface area contributed by atoms with Gasteiger partial charge in [0.15, 0.2) is 16.6 Å². The molecule has 1 aliphatic carbocycles. The molecule has 1 aromatic rings. The summed E-state index contributed by atoms with van der Waals surface area (Å²) in [7, 11) is 1.29. The fraction of sp³-hybridized carbons (Fsp3) is 0.500. The summed E-state index contributed by atoms with van der Waals surface area (Å²) in [6, 6.07) is -0.833. The zero-order chi connectivity index (χ0) is 21.4. The molecule has 3 aliphatic rings. The number of anilines is 1. The van der Waals surface area contributed by atoms with Gasteiger partial charge in [0.25, 0.3) is 5.91 Å². The van der Waals surface area contributed by atoms with Gasteiger partial charge in [-0.25, -0.2) is 4.98 Å². The van der Waals surface area contributed by atoms with Crippen molar-refractivity contribution in [2.24, 2.45) is 11.1 Å². The standard InChI is InChI=1S/C18H20N4O6S2.Na/c1-27-22-12(9-5-20-18(19)30-9)16(24)21-13-14(23)11-10(17(25)26)7(6-29-15(11)13)8-3-2-4-28-8;/h5,8,11,13,15H,2-4,6H2,1H3,(H2,19,20)(H,21,24)(H,25,26);/q;+1/p-1/b22-12-;/t8-,11?,13+,15-;/m0./s1. The number of carboxylic acid groups (broad SMARTS) is 1. The molecule has 10 nitrogen and oxygen atoms in total. The van der Waals surface area contributed by atoms with Gasteiger partial charge in [-0.2, -0.15) is 11.8 Å². The Labute approximate surface area is 208 Å². The van der Waals surface area contributed by atoms with Crippen molar-refractivity contribution in [2.45, 2.75) is 30.2 Å². The van der Waals surface area contributed by atoms with Crippen LogP contribution in [0, 0.1) is 5.92 Å². The number of ketones is 1. The van der Waals surface area contributed by atoms with Crippen LogP contribution < -0.4 is 45.7 Å². The van der Waals surface area contributed by atoms with Gasteiger partial charge in [-0.05, 0) is 24.0 Å². The van der Waals surface area contributed by atoms with Crippen LogP contribution in [0.1, 0.15) is 17.7 Å². The summed E-state index contributed by atoms with van der Waals surface area (Å²) in [6.45, 7) is 0.573. The van der Waals surface area contributed by atoms with Gasteiger partial charge < -0.3 is 30.5 Å². The predicted octanol–water partition coefficient (Wildman–Crippen LogP) is -3.90. The molecule has 0 spiro atoms. The van der Waals surface area contributed by atoms with E-state index in [0.29, 0.717) is 22.8 Å². The number of nitrogens with two attached hydrogens (primary N) is 1. The first-order chi connectivity index (χ1) is 14.4.